The number of alkyl halides is 2. The van der Waals surface area contributed by atoms with Crippen LogP contribution in [0.25, 0.3) is 0 Å². The van der Waals surface area contributed by atoms with Crippen molar-refractivity contribution in [1.29, 1.82) is 0 Å². The van der Waals surface area contributed by atoms with Crippen molar-refractivity contribution in [3.63, 3.8) is 0 Å². The van der Waals surface area contributed by atoms with Crippen LogP contribution < -0.4 is 5.32 Å². The predicted octanol–water partition coefficient (Wildman–Crippen LogP) is 2.47. The molecule has 7 heteroatoms. The van der Waals surface area contributed by atoms with Gasteiger partial charge in [-0.25, -0.2) is 13.6 Å². The second-order valence-electron chi connectivity index (χ2n) is 6.47. The van der Waals surface area contributed by atoms with Crippen LogP contribution >= 0.6 is 0 Å². The molecule has 1 saturated carbocycles. The van der Waals surface area contributed by atoms with E-state index in [9.17, 15) is 13.6 Å². The maximum Gasteiger partial charge on any atom is 0.407 e. The lowest BCUT2D eigenvalue weighted by atomic mass is 9.82. The molecular formula is C14H25F2NO4. The number of hydrogen-bond acceptors (Lipinski definition) is 4. The van der Waals surface area contributed by atoms with E-state index in [1.807, 2.05) is 0 Å². The first-order valence-electron chi connectivity index (χ1n) is 7.17. The van der Waals surface area contributed by atoms with Crippen molar-refractivity contribution >= 4 is 6.09 Å². The van der Waals surface area contributed by atoms with Gasteiger partial charge in [0.25, 0.3) is 0 Å². The van der Waals surface area contributed by atoms with Gasteiger partial charge in [0, 0.05) is 19.4 Å². The second-order valence-corrected chi connectivity index (χ2v) is 6.47. The summed E-state index contributed by atoms with van der Waals surface area (Å²) in [4.78, 5) is 11.7. The first kappa shape index (κ1) is 18.1. The molecule has 2 N–H and O–H groups in total. The normalized spacial score (nSPS) is 20.9. The predicted molar refractivity (Wildman–Crippen MR) is 73.4 cm³/mol. The molecule has 21 heavy (non-hydrogen) atoms. The minimum Gasteiger partial charge on any atom is -0.444 e. The zero-order chi connectivity index (χ0) is 16.1. The molecule has 0 atom stereocenters. The summed E-state index contributed by atoms with van der Waals surface area (Å²) in [5.74, 6) is -2.68. The highest BCUT2D eigenvalue weighted by Gasteiger charge is 2.44. The van der Waals surface area contributed by atoms with E-state index in [1.165, 1.54) is 0 Å². The fraction of sp³-hybridized carbons (Fsp3) is 0.929. The standard InChI is InChI=1S/C14H25F2NO4/c1-12(2,3)21-11(19)17-10-13(20-9-8-18)4-6-14(15,16)7-5-13/h18H,4-10H2,1-3H3,(H,17,19). The molecule has 124 valence electrons. The van der Waals surface area contributed by atoms with E-state index in [1.54, 1.807) is 20.8 Å². The Hall–Kier alpha value is -0.950. The molecule has 5 nitrogen and oxygen atoms in total. The van der Waals surface area contributed by atoms with Gasteiger partial charge in [0.05, 0.1) is 18.8 Å². The van der Waals surface area contributed by atoms with Crippen LogP contribution in [0.1, 0.15) is 46.5 Å². The monoisotopic (exact) mass is 309 g/mol. The number of hydrogen-bond donors (Lipinski definition) is 2. The number of nitrogens with one attached hydrogen (secondary N) is 1. The van der Waals surface area contributed by atoms with E-state index in [0.29, 0.717) is 0 Å². The molecule has 0 aliphatic heterocycles. The van der Waals surface area contributed by atoms with E-state index in [2.05, 4.69) is 5.32 Å². The zero-order valence-corrected chi connectivity index (χ0v) is 12.9. The summed E-state index contributed by atoms with van der Waals surface area (Å²) in [5.41, 5.74) is -1.48. The van der Waals surface area contributed by atoms with Crippen LogP contribution in [0.3, 0.4) is 0 Å². The quantitative estimate of drug-likeness (QED) is 0.818. The van der Waals surface area contributed by atoms with Gasteiger partial charge in [0.2, 0.25) is 5.92 Å². The number of alkyl carbamates (subject to hydrolysis) is 1. The molecular weight excluding hydrogens is 284 g/mol. The number of aliphatic hydroxyl groups excluding tert-OH is 1. The first-order chi connectivity index (χ1) is 9.58. The van der Waals surface area contributed by atoms with Crippen LogP contribution in [0.5, 0.6) is 0 Å². The highest BCUT2D eigenvalue weighted by atomic mass is 19.3. The SMILES string of the molecule is CC(C)(C)OC(=O)NCC1(OCCO)CCC(F)(F)CC1. The van der Waals surface area contributed by atoms with Crippen molar-refractivity contribution in [3.8, 4) is 0 Å². The molecule has 0 bridgehead atoms. The third-order valence-electron chi connectivity index (χ3n) is 3.35. The smallest absolute Gasteiger partial charge is 0.407 e. The average molecular weight is 309 g/mol. The van der Waals surface area contributed by atoms with E-state index >= 15 is 0 Å². The lowest BCUT2D eigenvalue weighted by molar-refractivity contribution is -0.134. The lowest BCUT2D eigenvalue weighted by Crippen LogP contribution is -2.50. The Bertz CT molecular complexity index is 345. The fourth-order valence-corrected chi connectivity index (χ4v) is 2.25. The molecule has 0 aromatic heterocycles. The summed E-state index contributed by atoms with van der Waals surface area (Å²) < 4.78 is 37.2. The highest BCUT2D eigenvalue weighted by molar-refractivity contribution is 5.67. The molecule has 1 amide bonds. The summed E-state index contributed by atoms with van der Waals surface area (Å²) in [6.45, 7) is 5.19. The maximum absolute atomic E-state index is 13.3. The van der Waals surface area contributed by atoms with Crippen molar-refractivity contribution in [1.82, 2.24) is 5.32 Å². The summed E-state index contributed by atoms with van der Waals surface area (Å²) in [6, 6.07) is 0. The van der Waals surface area contributed by atoms with Gasteiger partial charge in [-0.05, 0) is 33.6 Å². The minimum atomic E-state index is -2.68. The number of amides is 1. The van der Waals surface area contributed by atoms with Gasteiger partial charge < -0.3 is 19.9 Å². The van der Waals surface area contributed by atoms with Crippen LogP contribution in [0, 0.1) is 0 Å². The topological polar surface area (TPSA) is 67.8 Å². The van der Waals surface area contributed by atoms with Crippen molar-refractivity contribution < 1.29 is 28.2 Å². The second kappa shape index (κ2) is 6.87. The Morgan fingerprint density at radius 2 is 1.81 bits per heavy atom. The lowest BCUT2D eigenvalue weighted by Gasteiger charge is -2.40. The third kappa shape index (κ3) is 6.56. The number of rotatable bonds is 5. The van der Waals surface area contributed by atoms with Crippen molar-refractivity contribution in [2.45, 2.75) is 63.6 Å². The van der Waals surface area contributed by atoms with Gasteiger partial charge in [-0.2, -0.15) is 0 Å². The number of halogens is 2. The third-order valence-corrected chi connectivity index (χ3v) is 3.35. The minimum absolute atomic E-state index is 0.0571. The van der Waals surface area contributed by atoms with Gasteiger partial charge in [0.15, 0.2) is 0 Å². The summed E-state index contributed by atoms with van der Waals surface area (Å²) in [5, 5.41) is 11.4. The van der Waals surface area contributed by atoms with Gasteiger partial charge in [-0.1, -0.05) is 0 Å². The van der Waals surface area contributed by atoms with Gasteiger partial charge in [-0.3, -0.25) is 0 Å². The maximum atomic E-state index is 13.3. The zero-order valence-electron chi connectivity index (χ0n) is 12.9. The Morgan fingerprint density at radius 1 is 1.24 bits per heavy atom. The summed E-state index contributed by atoms with van der Waals surface area (Å²) in [6.07, 6.45) is -0.902. The first-order valence-corrected chi connectivity index (χ1v) is 7.17. The van der Waals surface area contributed by atoms with Crippen LogP contribution in [-0.4, -0.2) is 48.1 Å². The average Bonchev–Trinajstić information content (AvgIpc) is 2.35. The van der Waals surface area contributed by atoms with Gasteiger partial charge in [-0.15, -0.1) is 0 Å². The molecule has 1 fully saturated rings. The number of carbonyl (C=O) groups is 1. The summed E-state index contributed by atoms with van der Waals surface area (Å²) >= 11 is 0. The van der Waals surface area contributed by atoms with Crippen molar-refractivity contribution in [2.75, 3.05) is 19.8 Å². The van der Waals surface area contributed by atoms with Crippen molar-refractivity contribution in [2.24, 2.45) is 0 Å². The Morgan fingerprint density at radius 3 is 2.29 bits per heavy atom. The summed E-state index contributed by atoms with van der Waals surface area (Å²) in [7, 11) is 0. The van der Waals surface area contributed by atoms with Gasteiger partial charge in [0.1, 0.15) is 5.60 Å². The number of aliphatic hydroxyl groups is 1. The van der Waals surface area contributed by atoms with Crippen LogP contribution in [0.4, 0.5) is 13.6 Å². The molecule has 1 aliphatic carbocycles. The van der Waals surface area contributed by atoms with Gasteiger partial charge >= 0.3 is 6.09 Å². The number of ether oxygens (including phenoxy) is 2. The molecule has 0 spiro atoms. The van der Waals surface area contributed by atoms with Crippen molar-refractivity contribution in [3.05, 3.63) is 0 Å². The fourth-order valence-electron chi connectivity index (χ4n) is 2.25. The highest BCUT2D eigenvalue weighted by Crippen LogP contribution is 2.40. The Kier molecular flexibility index (Phi) is 5.92. The van der Waals surface area contributed by atoms with Crippen LogP contribution in [0.2, 0.25) is 0 Å². The molecule has 1 rings (SSSR count). The molecule has 0 saturated heterocycles. The largest absolute Gasteiger partial charge is 0.444 e. The van der Waals surface area contributed by atoms with E-state index in [4.69, 9.17) is 14.6 Å². The molecule has 0 aromatic rings. The Balaban J connectivity index is 2.57. The molecule has 0 aromatic carbocycles. The van der Waals surface area contributed by atoms with Crippen LogP contribution in [0.15, 0.2) is 0 Å². The van der Waals surface area contributed by atoms with E-state index in [-0.39, 0.29) is 45.4 Å². The molecule has 0 radical (unpaired) electrons. The molecule has 0 heterocycles. The van der Waals surface area contributed by atoms with Crippen LogP contribution in [-0.2, 0) is 9.47 Å². The van der Waals surface area contributed by atoms with E-state index < -0.39 is 23.2 Å². The number of carbonyl (C=O) groups excluding carboxylic acids is 1. The molecule has 0 unspecified atom stereocenters. The molecule has 1 aliphatic rings. The Labute approximate surface area is 124 Å². The van der Waals surface area contributed by atoms with E-state index in [0.717, 1.165) is 0 Å².